The molecule has 28 heavy (non-hydrogen) atoms. The van der Waals surface area contributed by atoms with Crippen LogP contribution in [0.1, 0.15) is 56.9 Å². The fourth-order valence-electron chi connectivity index (χ4n) is 4.53. The molecule has 0 atom stereocenters. The van der Waals surface area contributed by atoms with E-state index in [0.717, 1.165) is 18.4 Å². The van der Waals surface area contributed by atoms with Gasteiger partial charge in [0.25, 0.3) is 0 Å². The first-order valence-corrected chi connectivity index (χ1v) is 10.3. The van der Waals surface area contributed by atoms with Crippen molar-refractivity contribution in [3.8, 4) is 0 Å². The third-order valence-corrected chi connectivity index (χ3v) is 6.34. The van der Waals surface area contributed by atoms with E-state index < -0.39 is 11.4 Å². The second-order valence-corrected chi connectivity index (χ2v) is 8.12. The molecular weight excluding hydrogens is 356 g/mol. The molecule has 0 spiro atoms. The maximum Gasteiger partial charge on any atom is 0.314 e. The summed E-state index contributed by atoms with van der Waals surface area (Å²) >= 11 is 0. The van der Waals surface area contributed by atoms with Crippen LogP contribution in [0.15, 0.2) is 30.3 Å². The molecule has 152 valence electrons. The molecule has 6 nitrogen and oxygen atoms in total. The van der Waals surface area contributed by atoms with Crippen LogP contribution in [0, 0.1) is 5.92 Å². The minimum absolute atomic E-state index is 0.00301. The molecule has 2 aliphatic rings. The van der Waals surface area contributed by atoms with Crippen molar-refractivity contribution in [1.82, 2.24) is 10.2 Å². The zero-order valence-electron chi connectivity index (χ0n) is 16.4. The molecule has 2 amide bonds. The van der Waals surface area contributed by atoms with Crippen molar-refractivity contribution in [2.75, 3.05) is 19.6 Å². The number of carbonyl (C=O) groups is 3. The Morgan fingerprint density at radius 3 is 2.29 bits per heavy atom. The second kappa shape index (κ2) is 9.22. The number of carboxylic acids is 1. The minimum atomic E-state index is -0.942. The Kier molecular flexibility index (Phi) is 6.70. The number of benzene rings is 1. The maximum atomic E-state index is 12.5. The van der Waals surface area contributed by atoms with Gasteiger partial charge < -0.3 is 15.3 Å². The molecule has 1 saturated heterocycles. The lowest BCUT2D eigenvalue weighted by molar-refractivity contribution is -0.148. The molecule has 0 radical (unpaired) electrons. The summed E-state index contributed by atoms with van der Waals surface area (Å²) in [6.45, 7) is 0.772. The molecule has 2 N–H and O–H groups in total. The van der Waals surface area contributed by atoms with Crippen molar-refractivity contribution < 1.29 is 19.5 Å². The lowest BCUT2D eigenvalue weighted by atomic mass is 9.73. The maximum absolute atomic E-state index is 12.5. The standard InChI is InChI=1S/C22H30N2O4/c25-19(15-17-7-3-1-4-8-17)23-16-20(26)24-13-11-22(12-14-24,21(27)28)18-9-5-2-6-10-18/h2,5-6,9-10,17H,1,3-4,7-8,11-16H2,(H,23,25)(H,27,28). The third kappa shape index (κ3) is 4.72. The van der Waals surface area contributed by atoms with Gasteiger partial charge in [-0.2, -0.15) is 0 Å². The number of nitrogens with one attached hydrogen (secondary N) is 1. The van der Waals surface area contributed by atoms with Crippen molar-refractivity contribution in [2.24, 2.45) is 5.92 Å². The number of carboxylic acid groups (broad SMARTS) is 1. The highest BCUT2D eigenvalue weighted by atomic mass is 16.4. The van der Waals surface area contributed by atoms with Gasteiger partial charge in [0.05, 0.1) is 12.0 Å². The fourth-order valence-corrected chi connectivity index (χ4v) is 4.53. The Morgan fingerprint density at radius 2 is 1.68 bits per heavy atom. The van der Waals surface area contributed by atoms with E-state index in [-0.39, 0.29) is 18.4 Å². The van der Waals surface area contributed by atoms with E-state index in [2.05, 4.69) is 5.32 Å². The predicted molar refractivity (Wildman–Crippen MR) is 106 cm³/mol. The topological polar surface area (TPSA) is 86.7 Å². The van der Waals surface area contributed by atoms with Gasteiger partial charge in [-0.25, -0.2) is 0 Å². The third-order valence-electron chi connectivity index (χ3n) is 6.34. The highest BCUT2D eigenvalue weighted by Gasteiger charge is 2.43. The predicted octanol–water partition coefficient (Wildman–Crippen LogP) is 2.72. The first kappa shape index (κ1) is 20.4. The summed E-state index contributed by atoms with van der Waals surface area (Å²) in [5.41, 5.74) is -0.155. The van der Waals surface area contributed by atoms with Crippen LogP contribution in [0.2, 0.25) is 0 Å². The quantitative estimate of drug-likeness (QED) is 0.787. The van der Waals surface area contributed by atoms with Crippen LogP contribution in [0.5, 0.6) is 0 Å². The van der Waals surface area contributed by atoms with Gasteiger partial charge in [0.15, 0.2) is 0 Å². The van der Waals surface area contributed by atoms with E-state index in [0.29, 0.717) is 38.3 Å². The molecule has 0 unspecified atom stereocenters. The first-order valence-electron chi connectivity index (χ1n) is 10.3. The summed E-state index contributed by atoms with van der Waals surface area (Å²) < 4.78 is 0. The van der Waals surface area contributed by atoms with Gasteiger partial charge in [-0.05, 0) is 37.2 Å². The van der Waals surface area contributed by atoms with E-state index in [1.807, 2.05) is 30.3 Å². The SMILES string of the molecule is O=C(CC1CCCCC1)NCC(=O)N1CCC(C(=O)O)(c2ccccc2)CC1. The molecule has 1 heterocycles. The van der Waals surface area contributed by atoms with Crippen LogP contribution in [-0.4, -0.2) is 47.4 Å². The van der Waals surface area contributed by atoms with Crippen LogP contribution >= 0.6 is 0 Å². The van der Waals surface area contributed by atoms with Crippen molar-refractivity contribution in [1.29, 1.82) is 0 Å². The van der Waals surface area contributed by atoms with E-state index in [1.165, 1.54) is 19.3 Å². The van der Waals surface area contributed by atoms with Crippen LogP contribution in [0.25, 0.3) is 0 Å². The van der Waals surface area contributed by atoms with Crippen molar-refractivity contribution >= 4 is 17.8 Å². The highest BCUT2D eigenvalue weighted by molar-refractivity contribution is 5.86. The number of piperidine rings is 1. The van der Waals surface area contributed by atoms with Gasteiger partial charge in [-0.3, -0.25) is 14.4 Å². The Morgan fingerprint density at radius 1 is 1.04 bits per heavy atom. The molecule has 2 fully saturated rings. The molecule has 1 aromatic carbocycles. The average Bonchev–Trinajstić information content (AvgIpc) is 2.73. The van der Waals surface area contributed by atoms with Gasteiger partial charge in [0, 0.05) is 19.5 Å². The van der Waals surface area contributed by atoms with E-state index in [4.69, 9.17) is 0 Å². The summed E-state index contributed by atoms with van der Waals surface area (Å²) in [5.74, 6) is -0.585. The lowest BCUT2D eigenvalue weighted by Crippen LogP contribution is -2.51. The van der Waals surface area contributed by atoms with Crippen molar-refractivity contribution in [3.63, 3.8) is 0 Å². The number of aliphatic carboxylic acids is 1. The number of carbonyl (C=O) groups excluding carboxylic acids is 2. The molecule has 0 bridgehead atoms. The fraction of sp³-hybridized carbons (Fsp3) is 0.591. The monoisotopic (exact) mass is 386 g/mol. The van der Waals surface area contributed by atoms with Crippen molar-refractivity contribution in [2.45, 2.75) is 56.8 Å². The Balaban J connectivity index is 1.49. The van der Waals surface area contributed by atoms with Crippen LogP contribution in [0.4, 0.5) is 0 Å². The molecular formula is C22H30N2O4. The Hall–Kier alpha value is -2.37. The number of amides is 2. The van der Waals surface area contributed by atoms with E-state index in [9.17, 15) is 19.5 Å². The number of nitrogens with zero attached hydrogens (tertiary/aromatic N) is 1. The lowest BCUT2D eigenvalue weighted by Gasteiger charge is -2.39. The largest absolute Gasteiger partial charge is 0.481 e. The van der Waals surface area contributed by atoms with Crippen LogP contribution in [-0.2, 0) is 19.8 Å². The van der Waals surface area contributed by atoms with Crippen LogP contribution in [0.3, 0.4) is 0 Å². The smallest absolute Gasteiger partial charge is 0.314 e. The summed E-state index contributed by atoms with van der Waals surface area (Å²) in [5, 5.41) is 12.6. The average molecular weight is 386 g/mol. The Labute approximate surface area is 166 Å². The zero-order chi connectivity index (χ0) is 20.0. The van der Waals surface area contributed by atoms with E-state index >= 15 is 0 Å². The molecule has 1 saturated carbocycles. The molecule has 1 aliphatic heterocycles. The molecule has 1 aromatic rings. The number of hydrogen-bond donors (Lipinski definition) is 2. The summed E-state index contributed by atoms with van der Waals surface area (Å²) in [7, 11) is 0. The number of hydrogen-bond acceptors (Lipinski definition) is 3. The normalized spacial score (nSPS) is 19.8. The van der Waals surface area contributed by atoms with Gasteiger partial charge in [-0.15, -0.1) is 0 Å². The summed E-state index contributed by atoms with van der Waals surface area (Å²) in [6, 6.07) is 9.25. The van der Waals surface area contributed by atoms with Gasteiger partial charge in [0.2, 0.25) is 11.8 Å². The first-order chi connectivity index (χ1) is 13.5. The summed E-state index contributed by atoms with van der Waals surface area (Å²) in [4.78, 5) is 38.3. The Bertz CT molecular complexity index is 690. The van der Waals surface area contributed by atoms with Crippen molar-refractivity contribution in [3.05, 3.63) is 35.9 Å². The second-order valence-electron chi connectivity index (χ2n) is 8.12. The molecule has 0 aromatic heterocycles. The minimum Gasteiger partial charge on any atom is -0.481 e. The molecule has 3 rings (SSSR count). The number of rotatable bonds is 6. The van der Waals surface area contributed by atoms with Gasteiger partial charge in [-0.1, -0.05) is 49.6 Å². The van der Waals surface area contributed by atoms with Gasteiger partial charge >= 0.3 is 5.97 Å². The summed E-state index contributed by atoms with van der Waals surface area (Å²) in [6.07, 6.45) is 7.11. The van der Waals surface area contributed by atoms with E-state index in [1.54, 1.807) is 4.90 Å². The molecule has 6 heteroatoms. The van der Waals surface area contributed by atoms with Gasteiger partial charge in [0.1, 0.15) is 0 Å². The highest BCUT2D eigenvalue weighted by Crippen LogP contribution is 2.36. The number of likely N-dealkylation sites (tertiary alicyclic amines) is 1. The molecule has 1 aliphatic carbocycles. The zero-order valence-corrected chi connectivity index (χ0v) is 16.4. The van der Waals surface area contributed by atoms with Crippen LogP contribution < -0.4 is 5.32 Å².